The van der Waals surface area contributed by atoms with Gasteiger partial charge in [0.05, 0.1) is 28.7 Å². The summed E-state index contributed by atoms with van der Waals surface area (Å²) in [5, 5.41) is 2.77. The normalized spacial score (nSPS) is 14.7. The highest BCUT2D eigenvalue weighted by Crippen LogP contribution is 2.28. The van der Waals surface area contributed by atoms with Crippen LogP contribution in [0.5, 0.6) is 0 Å². The minimum absolute atomic E-state index is 0.0751. The van der Waals surface area contributed by atoms with E-state index in [9.17, 15) is 13.2 Å². The average molecular weight is 521 g/mol. The third kappa shape index (κ3) is 4.98. The fourth-order valence-corrected chi connectivity index (χ4v) is 4.97. The van der Waals surface area contributed by atoms with Crippen LogP contribution in [0.4, 0.5) is 17.3 Å². The third-order valence-corrected chi connectivity index (χ3v) is 7.63. The summed E-state index contributed by atoms with van der Waals surface area (Å²) in [6.45, 7) is 5.70. The zero-order chi connectivity index (χ0) is 26.3. The molecular formula is C25H28N8O3S. The molecule has 3 aromatic heterocycles. The van der Waals surface area contributed by atoms with Crippen LogP contribution in [-0.4, -0.2) is 78.1 Å². The SMILES string of the molecule is Cc1ccc(S(C)(=O)=O)cc1-c1cnc2c(N)nc(C(=O)Nc3ccc(N4CCN(C)CC4)cn3)cn12. The molecular weight excluding hydrogens is 492 g/mol. The molecule has 0 unspecified atom stereocenters. The van der Waals surface area contributed by atoms with Crippen LogP contribution < -0.4 is 16.0 Å². The minimum atomic E-state index is -3.41. The van der Waals surface area contributed by atoms with Crippen LogP contribution in [0.3, 0.4) is 0 Å². The number of amides is 1. The van der Waals surface area contributed by atoms with Crippen molar-refractivity contribution in [2.75, 3.05) is 55.4 Å². The van der Waals surface area contributed by atoms with Crippen LogP contribution in [0.1, 0.15) is 16.1 Å². The van der Waals surface area contributed by atoms with Gasteiger partial charge in [-0.15, -0.1) is 0 Å². The van der Waals surface area contributed by atoms with Crippen molar-refractivity contribution in [3.05, 3.63) is 60.2 Å². The second-order valence-electron chi connectivity index (χ2n) is 9.24. The molecule has 1 aliphatic rings. The first kappa shape index (κ1) is 24.7. The van der Waals surface area contributed by atoms with E-state index in [-0.39, 0.29) is 16.4 Å². The first-order valence-electron chi connectivity index (χ1n) is 11.8. The summed E-state index contributed by atoms with van der Waals surface area (Å²) in [7, 11) is -1.30. The summed E-state index contributed by atoms with van der Waals surface area (Å²) in [6, 6.07) is 8.59. The maximum absolute atomic E-state index is 13.1. The molecule has 1 fully saturated rings. The van der Waals surface area contributed by atoms with Gasteiger partial charge in [0.25, 0.3) is 5.91 Å². The minimum Gasteiger partial charge on any atom is -0.381 e. The molecule has 12 heteroatoms. The van der Waals surface area contributed by atoms with Crippen molar-refractivity contribution < 1.29 is 13.2 Å². The van der Waals surface area contributed by atoms with E-state index in [0.29, 0.717) is 22.7 Å². The van der Waals surface area contributed by atoms with E-state index >= 15 is 0 Å². The fourth-order valence-electron chi connectivity index (χ4n) is 4.32. The fraction of sp³-hybridized carbons (Fsp3) is 0.280. The molecule has 5 rings (SSSR count). The number of carbonyl (C=O) groups excluding carboxylic acids is 1. The van der Waals surface area contributed by atoms with Gasteiger partial charge < -0.3 is 20.9 Å². The van der Waals surface area contributed by atoms with Crippen LogP contribution in [0.25, 0.3) is 16.9 Å². The molecule has 0 radical (unpaired) electrons. The van der Waals surface area contributed by atoms with Crippen molar-refractivity contribution in [2.24, 2.45) is 0 Å². The van der Waals surface area contributed by atoms with Crippen molar-refractivity contribution in [2.45, 2.75) is 11.8 Å². The number of rotatable bonds is 5. The highest BCUT2D eigenvalue weighted by molar-refractivity contribution is 7.90. The molecule has 0 atom stereocenters. The lowest BCUT2D eigenvalue weighted by Gasteiger charge is -2.33. The number of carbonyl (C=O) groups is 1. The maximum atomic E-state index is 13.1. The van der Waals surface area contributed by atoms with E-state index in [4.69, 9.17) is 5.73 Å². The van der Waals surface area contributed by atoms with E-state index in [1.54, 1.807) is 41.1 Å². The lowest BCUT2D eigenvalue weighted by molar-refractivity contribution is 0.102. The number of nitrogens with one attached hydrogen (secondary N) is 1. The second-order valence-corrected chi connectivity index (χ2v) is 11.3. The van der Waals surface area contributed by atoms with E-state index in [0.717, 1.165) is 43.7 Å². The first-order chi connectivity index (χ1) is 17.6. The van der Waals surface area contributed by atoms with Gasteiger partial charge in [-0.25, -0.2) is 23.4 Å². The van der Waals surface area contributed by atoms with Crippen molar-refractivity contribution in [1.29, 1.82) is 0 Å². The summed E-state index contributed by atoms with van der Waals surface area (Å²) in [6.07, 6.45) is 6.03. The van der Waals surface area contributed by atoms with Crippen molar-refractivity contribution >= 4 is 38.7 Å². The number of likely N-dealkylation sites (N-methyl/N-ethyl adjacent to an activating group) is 1. The standard InChI is InChI=1S/C25H28N8O3S/c1-16-4-6-18(37(3,35)36)12-19(16)21-14-28-24-23(26)29-20(15-33(21)24)25(34)30-22-7-5-17(13-27-22)32-10-8-31(2)9-11-32/h4-7,12-15H,8-11H2,1-3H3,(H2,26,29)(H,27,30,34). The number of imidazole rings is 1. The highest BCUT2D eigenvalue weighted by atomic mass is 32.2. The number of hydrogen-bond donors (Lipinski definition) is 2. The molecule has 1 aliphatic heterocycles. The van der Waals surface area contributed by atoms with Crippen LogP contribution in [0.15, 0.2) is 53.8 Å². The number of pyridine rings is 1. The van der Waals surface area contributed by atoms with Gasteiger partial charge in [-0.1, -0.05) is 6.07 Å². The van der Waals surface area contributed by atoms with Gasteiger partial charge in [-0.2, -0.15) is 0 Å². The Bertz CT molecular complexity index is 1590. The predicted molar refractivity (Wildman–Crippen MR) is 143 cm³/mol. The topological polar surface area (TPSA) is 139 Å². The molecule has 3 N–H and O–H groups in total. The highest BCUT2D eigenvalue weighted by Gasteiger charge is 2.19. The number of nitrogens with zero attached hydrogens (tertiary/aromatic N) is 6. The molecule has 1 amide bonds. The number of sulfone groups is 1. The quantitative estimate of drug-likeness (QED) is 0.405. The number of piperazine rings is 1. The predicted octanol–water partition coefficient (Wildman–Crippen LogP) is 2.09. The van der Waals surface area contributed by atoms with Crippen LogP contribution in [0, 0.1) is 6.92 Å². The molecule has 0 spiro atoms. The van der Waals surface area contributed by atoms with Gasteiger partial charge in [-0.3, -0.25) is 9.20 Å². The van der Waals surface area contributed by atoms with Crippen molar-refractivity contribution in [3.63, 3.8) is 0 Å². The number of benzene rings is 1. The Morgan fingerprint density at radius 3 is 2.49 bits per heavy atom. The van der Waals surface area contributed by atoms with E-state index in [2.05, 4.69) is 37.1 Å². The average Bonchev–Trinajstić information content (AvgIpc) is 3.29. The number of hydrogen-bond acceptors (Lipinski definition) is 9. The second kappa shape index (κ2) is 9.45. The molecule has 0 aliphatic carbocycles. The molecule has 4 heterocycles. The van der Waals surface area contributed by atoms with Gasteiger partial charge in [0.1, 0.15) is 11.5 Å². The molecule has 0 bridgehead atoms. The Balaban J connectivity index is 1.43. The number of aromatic nitrogens is 4. The number of nitrogens with two attached hydrogens (primary N) is 1. The Hall–Kier alpha value is -4.03. The van der Waals surface area contributed by atoms with Gasteiger partial charge in [0.15, 0.2) is 21.3 Å². The number of anilines is 3. The number of aryl methyl sites for hydroxylation is 1. The maximum Gasteiger partial charge on any atom is 0.277 e. The van der Waals surface area contributed by atoms with E-state index in [1.807, 2.05) is 13.0 Å². The molecule has 4 aromatic rings. The summed E-state index contributed by atoms with van der Waals surface area (Å²) < 4.78 is 25.9. The summed E-state index contributed by atoms with van der Waals surface area (Å²) in [4.78, 5) is 30.8. The molecule has 192 valence electrons. The molecule has 1 saturated heterocycles. The zero-order valence-electron chi connectivity index (χ0n) is 20.8. The summed E-state index contributed by atoms with van der Waals surface area (Å²) in [5.41, 5.74) is 9.68. The Morgan fingerprint density at radius 2 is 1.81 bits per heavy atom. The van der Waals surface area contributed by atoms with E-state index < -0.39 is 15.7 Å². The van der Waals surface area contributed by atoms with Crippen LogP contribution in [0.2, 0.25) is 0 Å². The number of nitrogen functional groups attached to an aromatic ring is 1. The third-order valence-electron chi connectivity index (χ3n) is 6.52. The first-order valence-corrected chi connectivity index (χ1v) is 13.6. The zero-order valence-corrected chi connectivity index (χ0v) is 21.7. The van der Waals surface area contributed by atoms with Gasteiger partial charge >= 0.3 is 0 Å². The largest absolute Gasteiger partial charge is 0.381 e. The Morgan fingerprint density at radius 1 is 1.05 bits per heavy atom. The van der Waals surface area contributed by atoms with Crippen molar-refractivity contribution in [3.8, 4) is 11.3 Å². The van der Waals surface area contributed by atoms with E-state index in [1.165, 1.54) is 6.20 Å². The monoisotopic (exact) mass is 520 g/mol. The number of fused-ring (bicyclic) bond motifs is 1. The van der Waals surface area contributed by atoms with Crippen molar-refractivity contribution in [1.82, 2.24) is 24.3 Å². The summed E-state index contributed by atoms with van der Waals surface area (Å²) in [5.74, 6) is -0.00482. The molecule has 0 saturated carbocycles. The van der Waals surface area contributed by atoms with Gasteiger partial charge in [-0.05, 0) is 43.8 Å². The lowest BCUT2D eigenvalue weighted by Crippen LogP contribution is -2.44. The van der Waals surface area contributed by atoms with Gasteiger partial charge in [0, 0.05) is 44.2 Å². The molecule has 11 nitrogen and oxygen atoms in total. The lowest BCUT2D eigenvalue weighted by atomic mass is 10.1. The summed E-state index contributed by atoms with van der Waals surface area (Å²) >= 11 is 0. The van der Waals surface area contributed by atoms with Crippen LogP contribution >= 0.6 is 0 Å². The Labute approximate surface area is 214 Å². The van der Waals surface area contributed by atoms with Gasteiger partial charge in [0.2, 0.25) is 0 Å². The molecule has 1 aromatic carbocycles. The van der Waals surface area contributed by atoms with Crippen LogP contribution in [-0.2, 0) is 9.84 Å². The molecule has 37 heavy (non-hydrogen) atoms. The smallest absolute Gasteiger partial charge is 0.277 e. The Kier molecular flexibility index (Phi) is 6.30.